The number of allylic oxidation sites excluding steroid dienone is 2. The molecule has 2 aliphatic rings. The van der Waals surface area contributed by atoms with E-state index in [1.54, 1.807) is 32.1 Å². The zero-order valence-electron chi connectivity index (χ0n) is 23.5. The van der Waals surface area contributed by atoms with Crippen molar-refractivity contribution in [2.24, 2.45) is 23.3 Å². The predicted octanol–water partition coefficient (Wildman–Crippen LogP) is 1.30. The van der Waals surface area contributed by atoms with Crippen molar-refractivity contribution in [1.29, 1.82) is 0 Å². The lowest BCUT2D eigenvalue weighted by atomic mass is 9.84. The first-order valence-corrected chi connectivity index (χ1v) is 12.9. The number of aliphatic hydroxyl groups is 3. The SMILES string of the molecule is COC1/C=C\C=C(/C)C(=O)NC2=CC(O)C(N)=C(CC(C)CC(OC)C(O)C(C)/C=C(\C)C1OC(N)=O)C2O. The minimum Gasteiger partial charge on any atom is -0.439 e. The van der Waals surface area contributed by atoms with Gasteiger partial charge in [-0.15, -0.1) is 0 Å². The lowest BCUT2D eigenvalue weighted by Gasteiger charge is -2.32. The second-order valence-corrected chi connectivity index (χ2v) is 10.3. The second kappa shape index (κ2) is 14.4. The Morgan fingerprint density at radius 1 is 1.10 bits per heavy atom. The number of ether oxygens (including phenoxy) is 3. The van der Waals surface area contributed by atoms with Crippen molar-refractivity contribution < 1.29 is 39.1 Å². The lowest BCUT2D eigenvalue weighted by Crippen LogP contribution is -2.39. The van der Waals surface area contributed by atoms with E-state index >= 15 is 0 Å². The quantitative estimate of drug-likeness (QED) is 0.282. The van der Waals surface area contributed by atoms with Gasteiger partial charge in [0.2, 0.25) is 0 Å². The summed E-state index contributed by atoms with van der Waals surface area (Å²) in [6.07, 6.45) is 1.98. The highest BCUT2D eigenvalue weighted by Crippen LogP contribution is 2.30. The number of carbonyl (C=O) groups is 2. The molecule has 0 radical (unpaired) electrons. The van der Waals surface area contributed by atoms with Gasteiger partial charge in [0.1, 0.15) is 18.3 Å². The highest BCUT2D eigenvalue weighted by atomic mass is 16.6. The fourth-order valence-electron chi connectivity index (χ4n) is 4.87. The number of fused-ring (bicyclic) bond motifs is 2. The molecule has 11 heteroatoms. The molecule has 0 aromatic heterocycles. The first-order chi connectivity index (χ1) is 18.3. The molecule has 0 saturated carbocycles. The van der Waals surface area contributed by atoms with E-state index in [4.69, 9.17) is 25.7 Å². The van der Waals surface area contributed by atoms with Crippen LogP contribution in [-0.4, -0.2) is 78.2 Å². The van der Waals surface area contributed by atoms with Crippen molar-refractivity contribution >= 4 is 12.0 Å². The Kier molecular flexibility index (Phi) is 11.9. The number of methoxy groups -OCH3 is 2. The Bertz CT molecular complexity index is 1050. The van der Waals surface area contributed by atoms with Crippen LogP contribution in [0.4, 0.5) is 4.79 Å². The Morgan fingerprint density at radius 2 is 1.77 bits per heavy atom. The zero-order chi connectivity index (χ0) is 29.4. The predicted molar refractivity (Wildman–Crippen MR) is 146 cm³/mol. The van der Waals surface area contributed by atoms with Gasteiger partial charge >= 0.3 is 6.09 Å². The van der Waals surface area contributed by atoms with Gasteiger partial charge in [-0.3, -0.25) is 4.79 Å². The molecule has 0 aromatic carbocycles. The van der Waals surface area contributed by atoms with Crippen molar-refractivity contribution in [3.05, 3.63) is 58.5 Å². The molecule has 1 heterocycles. The van der Waals surface area contributed by atoms with E-state index in [9.17, 15) is 24.9 Å². The van der Waals surface area contributed by atoms with Crippen LogP contribution < -0.4 is 16.8 Å². The Morgan fingerprint density at radius 3 is 2.36 bits per heavy atom. The van der Waals surface area contributed by atoms with Crippen molar-refractivity contribution in [2.45, 2.75) is 77.2 Å². The number of hydrogen-bond donors (Lipinski definition) is 6. The van der Waals surface area contributed by atoms with Crippen molar-refractivity contribution in [2.75, 3.05) is 14.2 Å². The van der Waals surface area contributed by atoms with Gasteiger partial charge in [-0.05, 0) is 49.8 Å². The van der Waals surface area contributed by atoms with Gasteiger partial charge in [0.15, 0.2) is 6.10 Å². The van der Waals surface area contributed by atoms with Crippen LogP contribution in [-0.2, 0) is 19.0 Å². The van der Waals surface area contributed by atoms with E-state index in [1.165, 1.54) is 26.4 Å². The molecule has 0 saturated heterocycles. The largest absolute Gasteiger partial charge is 0.439 e. The molecule has 11 nitrogen and oxygen atoms in total. The summed E-state index contributed by atoms with van der Waals surface area (Å²) < 4.78 is 16.5. The van der Waals surface area contributed by atoms with Gasteiger partial charge in [0, 0.05) is 37.1 Å². The number of nitrogens with two attached hydrogens (primary N) is 2. The fraction of sp³-hybridized carbons (Fsp3) is 0.571. The van der Waals surface area contributed by atoms with Crippen molar-refractivity contribution in [3.8, 4) is 0 Å². The topological polar surface area (TPSA) is 187 Å². The van der Waals surface area contributed by atoms with Gasteiger partial charge < -0.3 is 46.3 Å². The number of amides is 2. The highest BCUT2D eigenvalue weighted by Gasteiger charge is 2.32. The van der Waals surface area contributed by atoms with Crippen molar-refractivity contribution in [1.82, 2.24) is 5.32 Å². The number of rotatable bonds is 3. The van der Waals surface area contributed by atoms with Crippen LogP contribution in [0.25, 0.3) is 0 Å². The monoisotopic (exact) mass is 549 g/mol. The molecule has 1 aliphatic heterocycles. The van der Waals surface area contributed by atoms with E-state index in [1.807, 2.05) is 13.8 Å². The molecule has 8 atom stereocenters. The highest BCUT2D eigenvalue weighted by molar-refractivity contribution is 5.94. The molecule has 8 unspecified atom stereocenters. The molecule has 2 rings (SSSR count). The molecule has 218 valence electrons. The van der Waals surface area contributed by atoms with Crippen LogP contribution in [0.2, 0.25) is 0 Å². The second-order valence-electron chi connectivity index (χ2n) is 10.3. The number of primary amides is 1. The molecular weight excluding hydrogens is 506 g/mol. The molecular formula is C28H43N3O8. The number of carbonyl (C=O) groups excluding carboxylic acids is 2. The summed E-state index contributed by atoms with van der Waals surface area (Å²) in [5.41, 5.74) is 13.0. The van der Waals surface area contributed by atoms with E-state index in [0.717, 1.165) is 0 Å². The summed E-state index contributed by atoms with van der Waals surface area (Å²) in [5, 5.41) is 35.3. The first kappa shape index (κ1) is 32.3. The maximum absolute atomic E-state index is 12.9. The van der Waals surface area contributed by atoms with Gasteiger partial charge in [-0.1, -0.05) is 38.2 Å². The summed E-state index contributed by atoms with van der Waals surface area (Å²) in [5.74, 6) is -1.02. The number of aliphatic hydroxyl groups excluding tert-OH is 3. The molecule has 1 aliphatic carbocycles. The average Bonchev–Trinajstić information content (AvgIpc) is 2.88. The van der Waals surface area contributed by atoms with Crippen LogP contribution >= 0.6 is 0 Å². The Hall–Kier alpha value is -2.96. The average molecular weight is 550 g/mol. The minimum atomic E-state index is -1.22. The number of hydrogen-bond acceptors (Lipinski definition) is 9. The molecule has 2 amide bonds. The van der Waals surface area contributed by atoms with Crippen LogP contribution in [0.1, 0.15) is 40.5 Å². The van der Waals surface area contributed by atoms with E-state index in [-0.39, 0.29) is 17.3 Å². The Balaban J connectivity index is 2.56. The smallest absolute Gasteiger partial charge is 0.405 e. The van der Waals surface area contributed by atoms with Gasteiger partial charge in [0.05, 0.1) is 12.2 Å². The molecule has 39 heavy (non-hydrogen) atoms. The Labute approximate surface area is 229 Å². The summed E-state index contributed by atoms with van der Waals surface area (Å²) >= 11 is 0. The van der Waals surface area contributed by atoms with Crippen LogP contribution in [0.3, 0.4) is 0 Å². The minimum absolute atomic E-state index is 0.121. The third kappa shape index (κ3) is 8.51. The van der Waals surface area contributed by atoms with Crippen molar-refractivity contribution in [3.63, 3.8) is 0 Å². The molecule has 2 bridgehead atoms. The third-order valence-electron chi connectivity index (χ3n) is 7.13. The summed E-state index contributed by atoms with van der Waals surface area (Å²) in [6, 6.07) is 0. The van der Waals surface area contributed by atoms with Gasteiger partial charge in [-0.25, -0.2) is 4.79 Å². The standard InChI is InChI=1S/C28H43N3O8/c1-14-10-18-23(29)20(32)13-19(25(18)34)31-27(35)15(2)8-7-9-21(37-5)26(39-28(30)36)17(4)12-16(3)24(33)22(11-14)38-6/h7-9,12-14,16,20-22,24-26,32-34H,10-11,29H2,1-6H3,(H2,30,36)(H,31,35)/b9-7-,15-8+,17-12+. The normalized spacial score (nSPS) is 37.1. The van der Waals surface area contributed by atoms with Crippen LogP contribution in [0.15, 0.2) is 58.5 Å². The van der Waals surface area contributed by atoms with E-state index in [0.29, 0.717) is 29.6 Å². The fourth-order valence-corrected chi connectivity index (χ4v) is 4.87. The first-order valence-electron chi connectivity index (χ1n) is 12.9. The van der Waals surface area contributed by atoms with Crippen LogP contribution in [0, 0.1) is 11.8 Å². The molecule has 0 fully saturated rings. The van der Waals surface area contributed by atoms with E-state index < -0.39 is 54.5 Å². The van der Waals surface area contributed by atoms with Gasteiger partial charge in [-0.2, -0.15) is 0 Å². The maximum Gasteiger partial charge on any atom is 0.405 e. The summed E-state index contributed by atoms with van der Waals surface area (Å²) in [6.45, 7) is 7.06. The summed E-state index contributed by atoms with van der Waals surface area (Å²) in [7, 11) is 2.95. The van der Waals surface area contributed by atoms with Gasteiger partial charge in [0.25, 0.3) is 5.91 Å². The third-order valence-corrected chi connectivity index (χ3v) is 7.13. The lowest BCUT2D eigenvalue weighted by molar-refractivity contribution is -0.117. The van der Waals surface area contributed by atoms with E-state index in [2.05, 4.69) is 5.32 Å². The molecule has 0 aromatic rings. The summed E-state index contributed by atoms with van der Waals surface area (Å²) in [4.78, 5) is 24.5. The maximum atomic E-state index is 12.9. The molecule has 0 spiro atoms. The number of nitrogens with one attached hydrogen (secondary N) is 1. The van der Waals surface area contributed by atoms with Crippen LogP contribution in [0.5, 0.6) is 0 Å². The zero-order valence-corrected chi connectivity index (χ0v) is 23.5. The molecule has 8 N–H and O–H groups in total.